The van der Waals surface area contributed by atoms with Gasteiger partial charge in [-0.3, -0.25) is 4.79 Å². The van der Waals surface area contributed by atoms with Gasteiger partial charge in [0.25, 0.3) is 5.91 Å². The number of rotatable bonds is 8. The second-order valence-electron chi connectivity index (χ2n) is 6.01. The summed E-state index contributed by atoms with van der Waals surface area (Å²) >= 11 is 0. The Labute approximate surface area is 153 Å². The first-order valence-corrected chi connectivity index (χ1v) is 8.86. The molecule has 3 rings (SSSR count). The van der Waals surface area contributed by atoms with E-state index < -0.39 is 0 Å². The topological polar surface area (TPSA) is 56.2 Å². The van der Waals surface area contributed by atoms with E-state index in [1.165, 1.54) is 5.56 Å². The molecule has 0 aliphatic rings. The molecule has 1 aromatic heterocycles. The quantitative estimate of drug-likeness (QED) is 0.623. The highest BCUT2D eigenvalue weighted by Crippen LogP contribution is 2.22. The van der Waals surface area contributed by atoms with Gasteiger partial charge in [0, 0.05) is 12.7 Å². The molecular formula is C21H23N3O2. The zero-order valence-corrected chi connectivity index (χ0v) is 14.9. The molecule has 0 saturated carbocycles. The van der Waals surface area contributed by atoms with Crippen LogP contribution in [0, 0.1) is 0 Å². The Balaban J connectivity index is 1.54. The largest absolute Gasteiger partial charge is 0.471 e. The maximum Gasteiger partial charge on any atom is 0.271 e. The maximum absolute atomic E-state index is 12.0. The average Bonchev–Trinajstić information content (AvgIpc) is 3.17. The van der Waals surface area contributed by atoms with Crippen LogP contribution in [-0.2, 0) is 6.73 Å². The molecule has 0 spiro atoms. The van der Waals surface area contributed by atoms with Crippen molar-refractivity contribution in [1.82, 2.24) is 15.1 Å². The number of carbonyl (C=O) groups is 1. The van der Waals surface area contributed by atoms with E-state index in [1.54, 1.807) is 16.9 Å². The van der Waals surface area contributed by atoms with Crippen molar-refractivity contribution in [2.45, 2.75) is 26.5 Å². The van der Waals surface area contributed by atoms with Crippen LogP contribution < -0.4 is 10.1 Å². The lowest BCUT2D eigenvalue weighted by molar-refractivity contribution is 0.0946. The Bertz CT molecular complexity index is 826. The van der Waals surface area contributed by atoms with Gasteiger partial charge in [-0.2, -0.15) is 5.10 Å². The fourth-order valence-corrected chi connectivity index (χ4v) is 2.54. The molecular weight excluding hydrogens is 326 g/mol. The minimum atomic E-state index is -0.149. The van der Waals surface area contributed by atoms with Crippen molar-refractivity contribution in [1.29, 1.82) is 0 Å². The third-order valence-electron chi connectivity index (χ3n) is 4.01. The molecule has 0 bridgehead atoms. The SMILES string of the molecule is CCCCNC(=O)c1ccn(COc2ccc(-c3ccccc3)cc2)n1. The van der Waals surface area contributed by atoms with Crippen molar-refractivity contribution in [3.8, 4) is 16.9 Å². The van der Waals surface area contributed by atoms with E-state index >= 15 is 0 Å². The molecule has 0 atom stereocenters. The van der Waals surface area contributed by atoms with E-state index in [1.807, 2.05) is 42.5 Å². The number of nitrogens with zero attached hydrogens (tertiary/aromatic N) is 2. The van der Waals surface area contributed by atoms with E-state index in [9.17, 15) is 4.79 Å². The molecule has 1 N–H and O–H groups in total. The molecule has 26 heavy (non-hydrogen) atoms. The molecule has 134 valence electrons. The number of nitrogens with one attached hydrogen (secondary N) is 1. The van der Waals surface area contributed by atoms with Gasteiger partial charge in [-0.25, -0.2) is 4.68 Å². The summed E-state index contributed by atoms with van der Waals surface area (Å²) in [4.78, 5) is 12.0. The Kier molecular flexibility index (Phi) is 6.04. The summed E-state index contributed by atoms with van der Waals surface area (Å²) in [6.45, 7) is 3.02. The Hall–Kier alpha value is -3.08. The van der Waals surface area contributed by atoms with Crippen LogP contribution in [-0.4, -0.2) is 22.2 Å². The van der Waals surface area contributed by atoms with Crippen LogP contribution in [0.1, 0.15) is 30.3 Å². The molecule has 2 aromatic carbocycles. The number of hydrogen-bond donors (Lipinski definition) is 1. The molecule has 0 aliphatic heterocycles. The lowest BCUT2D eigenvalue weighted by Gasteiger charge is -2.07. The zero-order valence-electron chi connectivity index (χ0n) is 14.9. The van der Waals surface area contributed by atoms with Crippen LogP contribution >= 0.6 is 0 Å². The highest BCUT2D eigenvalue weighted by Gasteiger charge is 2.08. The molecule has 1 amide bonds. The number of carbonyl (C=O) groups excluding carboxylic acids is 1. The van der Waals surface area contributed by atoms with Crippen LogP contribution in [0.2, 0.25) is 0 Å². The highest BCUT2D eigenvalue weighted by molar-refractivity contribution is 5.92. The molecule has 0 aliphatic carbocycles. The standard InChI is InChI=1S/C21H23N3O2/c1-2-3-14-22-21(25)20-13-15-24(23-20)16-26-19-11-9-18(10-12-19)17-7-5-4-6-8-17/h4-13,15H,2-3,14,16H2,1H3,(H,22,25). The predicted octanol–water partition coefficient (Wildman–Crippen LogP) is 4.12. The molecule has 0 unspecified atom stereocenters. The third-order valence-corrected chi connectivity index (χ3v) is 4.01. The zero-order chi connectivity index (χ0) is 18.2. The Morgan fingerprint density at radius 3 is 2.50 bits per heavy atom. The van der Waals surface area contributed by atoms with Crippen LogP contribution in [0.4, 0.5) is 0 Å². The molecule has 0 radical (unpaired) electrons. The number of benzene rings is 2. The van der Waals surface area contributed by atoms with Crippen molar-refractivity contribution in [2.24, 2.45) is 0 Å². The minimum absolute atomic E-state index is 0.149. The Morgan fingerprint density at radius 1 is 1.04 bits per heavy atom. The normalized spacial score (nSPS) is 10.5. The van der Waals surface area contributed by atoms with E-state index in [4.69, 9.17) is 4.74 Å². The van der Waals surface area contributed by atoms with E-state index in [0.29, 0.717) is 12.2 Å². The average molecular weight is 349 g/mol. The smallest absolute Gasteiger partial charge is 0.271 e. The number of aromatic nitrogens is 2. The first kappa shape index (κ1) is 17.7. The van der Waals surface area contributed by atoms with E-state index in [2.05, 4.69) is 29.5 Å². The number of ether oxygens (including phenoxy) is 1. The van der Waals surface area contributed by atoms with Gasteiger partial charge in [0.1, 0.15) is 11.4 Å². The summed E-state index contributed by atoms with van der Waals surface area (Å²) in [7, 11) is 0. The number of hydrogen-bond acceptors (Lipinski definition) is 3. The van der Waals surface area contributed by atoms with Crippen molar-refractivity contribution in [3.63, 3.8) is 0 Å². The van der Waals surface area contributed by atoms with Crippen LogP contribution in [0.15, 0.2) is 66.9 Å². The molecule has 5 nitrogen and oxygen atoms in total. The van der Waals surface area contributed by atoms with Crippen molar-refractivity contribution in [3.05, 3.63) is 72.6 Å². The van der Waals surface area contributed by atoms with Crippen LogP contribution in [0.3, 0.4) is 0 Å². The number of amides is 1. The summed E-state index contributed by atoms with van der Waals surface area (Å²) in [5.41, 5.74) is 2.72. The van der Waals surface area contributed by atoms with Crippen molar-refractivity contribution in [2.75, 3.05) is 6.54 Å². The summed E-state index contributed by atoms with van der Waals surface area (Å²) in [5.74, 6) is 0.610. The summed E-state index contributed by atoms with van der Waals surface area (Å²) in [5, 5.41) is 7.10. The first-order valence-electron chi connectivity index (χ1n) is 8.86. The maximum atomic E-state index is 12.0. The van der Waals surface area contributed by atoms with Gasteiger partial charge in [0.15, 0.2) is 6.73 Å². The fourth-order valence-electron chi connectivity index (χ4n) is 2.54. The van der Waals surface area contributed by atoms with Gasteiger partial charge in [0.2, 0.25) is 0 Å². The monoisotopic (exact) mass is 349 g/mol. The van der Waals surface area contributed by atoms with E-state index in [0.717, 1.165) is 24.2 Å². The molecule has 0 saturated heterocycles. The lowest BCUT2D eigenvalue weighted by atomic mass is 10.1. The van der Waals surface area contributed by atoms with Crippen LogP contribution in [0.25, 0.3) is 11.1 Å². The highest BCUT2D eigenvalue weighted by atomic mass is 16.5. The van der Waals surface area contributed by atoms with Gasteiger partial charge >= 0.3 is 0 Å². The minimum Gasteiger partial charge on any atom is -0.471 e. The fraction of sp³-hybridized carbons (Fsp3) is 0.238. The molecule has 3 aromatic rings. The second kappa shape index (κ2) is 8.85. The van der Waals surface area contributed by atoms with Gasteiger partial charge in [-0.1, -0.05) is 55.8 Å². The van der Waals surface area contributed by atoms with Crippen LogP contribution in [0.5, 0.6) is 5.75 Å². The second-order valence-corrected chi connectivity index (χ2v) is 6.01. The van der Waals surface area contributed by atoms with Gasteiger partial charge in [-0.05, 0) is 35.7 Å². The molecule has 0 fully saturated rings. The summed E-state index contributed by atoms with van der Waals surface area (Å²) in [6, 6.07) is 19.8. The molecule has 1 heterocycles. The lowest BCUT2D eigenvalue weighted by Crippen LogP contribution is -2.25. The predicted molar refractivity (Wildman–Crippen MR) is 102 cm³/mol. The number of unbranched alkanes of at least 4 members (excludes halogenated alkanes) is 1. The van der Waals surface area contributed by atoms with Crippen molar-refractivity contribution < 1.29 is 9.53 Å². The van der Waals surface area contributed by atoms with Gasteiger partial charge < -0.3 is 10.1 Å². The van der Waals surface area contributed by atoms with Gasteiger partial charge in [0.05, 0.1) is 0 Å². The summed E-state index contributed by atoms with van der Waals surface area (Å²) in [6.07, 6.45) is 3.76. The van der Waals surface area contributed by atoms with Crippen molar-refractivity contribution >= 4 is 5.91 Å². The summed E-state index contributed by atoms with van der Waals surface area (Å²) < 4.78 is 7.35. The third kappa shape index (κ3) is 4.72. The Morgan fingerprint density at radius 2 is 1.77 bits per heavy atom. The molecule has 5 heteroatoms. The van der Waals surface area contributed by atoms with Gasteiger partial charge in [-0.15, -0.1) is 0 Å². The first-order chi connectivity index (χ1) is 12.8. The van der Waals surface area contributed by atoms with E-state index in [-0.39, 0.29) is 12.6 Å².